The predicted molar refractivity (Wildman–Crippen MR) is 82.6 cm³/mol. The van der Waals surface area contributed by atoms with Crippen LogP contribution >= 0.6 is 0 Å². The minimum atomic E-state index is 0. The van der Waals surface area contributed by atoms with Crippen molar-refractivity contribution in [1.82, 2.24) is 0 Å². The summed E-state index contributed by atoms with van der Waals surface area (Å²) in [4.78, 5) is 0. The van der Waals surface area contributed by atoms with Crippen LogP contribution in [0.1, 0.15) is 11.1 Å². The van der Waals surface area contributed by atoms with Crippen molar-refractivity contribution in [3.05, 3.63) is 77.9 Å². The van der Waals surface area contributed by atoms with Gasteiger partial charge in [0.05, 0.1) is 20.6 Å². The molecule has 106 valence electrons. The highest BCUT2D eigenvalue weighted by Crippen LogP contribution is 2.10. The first-order valence-electron chi connectivity index (χ1n) is 6.73. The SMILES string of the molecule is C[N+](C)(CC=Cc1ccccc1)Cc1ccccc1.[Cl-]. The van der Waals surface area contributed by atoms with Crippen LogP contribution in [-0.4, -0.2) is 25.1 Å². The molecule has 0 aromatic heterocycles. The standard InChI is InChI=1S/C18H22N.ClH/c1-19(2,16-18-12-7-4-8-13-18)15-9-14-17-10-5-3-6-11-17;/h3-14H,15-16H2,1-2H3;1H/q+1;/p-1. The maximum absolute atomic E-state index is 2.27. The molecule has 0 aliphatic carbocycles. The smallest absolute Gasteiger partial charge is 0.104 e. The first-order valence-corrected chi connectivity index (χ1v) is 6.73. The summed E-state index contributed by atoms with van der Waals surface area (Å²) in [6, 6.07) is 21.1. The molecule has 0 fully saturated rings. The van der Waals surface area contributed by atoms with Crippen LogP contribution in [-0.2, 0) is 6.54 Å². The van der Waals surface area contributed by atoms with Gasteiger partial charge in [0, 0.05) is 5.56 Å². The Bertz CT molecular complexity index is 518. The molecular weight excluding hydrogens is 266 g/mol. The van der Waals surface area contributed by atoms with E-state index in [0.29, 0.717) is 0 Å². The van der Waals surface area contributed by atoms with E-state index in [2.05, 4.69) is 80.8 Å². The van der Waals surface area contributed by atoms with E-state index in [1.165, 1.54) is 11.1 Å². The Morgan fingerprint density at radius 3 is 2.00 bits per heavy atom. The number of nitrogens with zero attached hydrogens (tertiary/aromatic N) is 1. The third kappa shape index (κ3) is 5.60. The van der Waals surface area contributed by atoms with E-state index in [-0.39, 0.29) is 12.4 Å². The molecule has 2 rings (SSSR count). The maximum atomic E-state index is 2.27. The topological polar surface area (TPSA) is 0 Å². The number of likely N-dealkylation sites (N-methyl/N-ethyl adjacent to an activating group) is 1. The highest BCUT2D eigenvalue weighted by atomic mass is 35.5. The third-order valence-corrected chi connectivity index (χ3v) is 3.16. The molecule has 0 spiro atoms. The first kappa shape index (κ1) is 16.5. The van der Waals surface area contributed by atoms with Gasteiger partial charge in [-0.1, -0.05) is 66.7 Å². The van der Waals surface area contributed by atoms with E-state index < -0.39 is 0 Å². The molecule has 2 heteroatoms. The molecule has 2 aromatic carbocycles. The van der Waals surface area contributed by atoms with Crippen molar-refractivity contribution in [1.29, 1.82) is 0 Å². The molecule has 2 aromatic rings. The second-order valence-electron chi connectivity index (χ2n) is 5.58. The normalized spacial score (nSPS) is 11.3. The molecule has 0 amide bonds. The lowest BCUT2D eigenvalue weighted by Gasteiger charge is -2.28. The number of rotatable bonds is 5. The Hall–Kier alpha value is -1.57. The molecule has 0 radical (unpaired) electrons. The molecule has 0 N–H and O–H groups in total. The van der Waals surface area contributed by atoms with Crippen LogP contribution in [0.25, 0.3) is 6.08 Å². The van der Waals surface area contributed by atoms with Crippen molar-refractivity contribution in [2.75, 3.05) is 20.6 Å². The lowest BCUT2D eigenvalue weighted by Crippen LogP contribution is -3.00. The van der Waals surface area contributed by atoms with Gasteiger partial charge in [0.2, 0.25) is 0 Å². The second-order valence-corrected chi connectivity index (χ2v) is 5.58. The van der Waals surface area contributed by atoms with Crippen molar-refractivity contribution in [2.45, 2.75) is 6.54 Å². The van der Waals surface area contributed by atoms with E-state index in [1.54, 1.807) is 0 Å². The van der Waals surface area contributed by atoms with Crippen molar-refractivity contribution >= 4 is 6.08 Å². The average Bonchev–Trinajstić information content (AvgIpc) is 2.40. The van der Waals surface area contributed by atoms with Gasteiger partial charge in [0.1, 0.15) is 6.54 Å². The molecule has 0 unspecified atom stereocenters. The van der Waals surface area contributed by atoms with Crippen molar-refractivity contribution < 1.29 is 16.9 Å². The van der Waals surface area contributed by atoms with Crippen molar-refractivity contribution in [3.63, 3.8) is 0 Å². The summed E-state index contributed by atoms with van der Waals surface area (Å²) in [7, 11) is 4.53. The van der Waals surface area contributed by atoms with E-state index >= 15 is 0 Å². The minimum Gasteiger partial charge on any atom is -1.00 e. The number of halogens is 1. The van der Waals surface area contributed by atoms with Gasteiger partial charge in [0.15, 0.2) is 0 Å². The summed E-state index contributed by atoms with van der Waals surface area (Å²) >= 11 is 0. The average molecular weight is 288 g/mol. The van der Waals surface area contributed by atoms with Crippen molar-refractivity contribution in [3.8, 4) is 0 Å². The number of quaternary nitrogens is 1. The van der Waals surface area contributed by atoms with E-state index in [4.69, 9.17) is 0 Å². The molecular formula is C18H22ClN. The van der Waals surface area contributed by atoms with Crippen LogP contribution in [0.2, 0.25) is 0 Å². The summed E-state index contributed by atoms with van der Waals surface area (Å²) in [6.45, 7) is 2.09. The Labute approximate surface area is 128 Å². The van der Waals surface area contributed by atoms with Gasteiger partial charge in [-0.05, 0) is 11.6 Å². The van der Waals surface area contributed by atoms with Gasteiger partial charge in [-0.2, -0.15) is 0 Å². The Morgan fingerprint density at radius 1 is 0.850 bits per heavy atom. The molecule has 1 nitrogen and oxygen atoms in total. The van der Waals surface area contributed by atoms with Crippen LogP contribution in [0.5, 0.6) is 0 Å². The molecule has 0 saturated carbocycles. The predicted octanol–water partition coefficient (Wildman–Crippen LogP) is 0.980. The van der Waals surface area contributed by atoms with Crippen LogP contribution in [0, 0.1) is 0 Å². The zero-order valence-electron chi connectivity index (χ0n) is 12.2. The van der Waals surface area contributed by atoms with Gasteiger partial charge in [-0.25, -0.2) is 0 Å². The summed E-state index contributed by atoms with van der Waals surface area (Å²) in [5.41, 5.74) is 2.66. The first-order chi connectivity index (χ1) is 9.16. The fraction of sp³-hybridized carbons (Fsp3) is 0.222. The van der Waals surface area contributed by atoms with Crippen LogP contribution < -0.4 is 12.4 Å². The van der Waals surface area contributed by atoms with Gasteiger partial charge < -0.3 is 16.9 Å². The Kier molecular flexibility index (Phi) is 6.50. The molecule has 0 aliphatic rings. The van der Waals surface area contributed by atoms with Crippen molar-refractivity contribution in [2.24, 2.45) is 0 Å². The zero-order chi connectivity index (χ0) is 13.6. The Morgan fingerprint density at radius 2 is 1.40 bits per heavy atom. The summed E-state index contributed by atoms with van der Waals surface area (Å²) in [6.07, 6.45) is 4.46. The molecule has 20 heavy (non-hydrogen) atoms. The van der Waals surface area contributed by atoms with Crippen LogP contribution in [0.3, 0.4) is 0 Å². The summed E-state index contributed by atoms with van der Waals surface area (Å²) < 4.78 is 0.966. The van der Waals surface area contributed by atoms with Crippen LogP contribution in [0.4, 0.5) is 0 Å². The van der Waals surface area contributed by atoms with E-state index in [9.17, 15) is 0 Å². The zero-order valence-corrected chi connectivity index (χ0v) is 12.9. The summed E-state index contributed by atoms with van der Waals surface area (Å²) in [5, 5.41) is 0. The number of hydrogen-bond donors (Lipinski definition) is 0. The fourth-order valence-electron chi connectivity index (χ4n) is 2.18. The highest BCUT2D eigenvalue weighted by molar-refractivity contribution is 5.48. The van der Waals surface area contributed by atoms with Gasteiger partial charge in [-0.15, -0.1) is 0 Å². The lowest BCUT2D eigenvalue weighted by atomic mass is 10.2. The monoisotopic (exact) mass is 287 g/mol. The van der Waals surface area contributed by atoms with Gasteiger partial charge in [0.25, 0.3) is 0 Å². The van der Waals surface area contributed by atoms with Gasteiger partial charge >= 0.3 is 0 Å². The minimum absolute atomic E-state index is 0. The van der Waals surface area contributed by atoms with E-state index in [0.717, 1.165) is 17.6 Å². The quantitative estimate of drug-likeness (QED) is 0.719. The number of benzene rings is 2. The maximum Gasteiger partial charge on any atom is 0.104 e. The highest BCUT2D eigenvalue weighted by Gasteiger charge is 2.13. The van der Waals surface area contributed by atoms with E-state index in [1.807, 2.05) is 6.07 Å². The third-order valence-electron chi connectivity index (χ3n) is 3.16. The summed E-state index contributed by atoms with van der Waals surface area (Å²) in [5.74, 6) is 0. The molecule has 0 saturated heterocycles. The molecule has 0 bridgehead atoms. The molecule has 0 heterocycles. The number of hydrogen-bond acceptors (Lipinski definition) is 0. The second kappa shape index (κ2) is 7.88. The molecule has 0 atom stereocenters. The molecule has 0 aliphatic heterocycles. The van der Waals surface area contributed by atoms with Gasteiger partial charge in [-0.3, -0.25) is 0 Å². The Balaban J connectivity index is 0.00000200. The lowest BCUT2D eigenvalue weighted by molar-refractivity contribution is -0.897. The largest absolute Gasteiger partial charge is 1.00 e. The van der Waals surface area contributed by atoms with Crippen LogP contribution in [0.15, 0.2) is 66.7 Å². The fourth-order valence-corrected chi connectivity index (χ4v) is 2.18.